The first kappa shape index (κ1) is 17.1. The van der Waals surface area contributed by atoms with Crippen molar-refractivity contribution in [2.75, 3.05) is 26.3 Å². The minimum atomic E-state index is -0.903. The number of carboxylic acid groups (broad SMARTS) is 2. The molecule has 0 aromatic rings. The summed E-state index contributed by atoms with van der Waals surface area (Å²) in [7, 11) is 0. The van der Waals surface area contributed by atoms with Crippen LogP contribution in [0.5, 0.6) is 0 Å². The van der Waals surface area contributed by atoms with Crippen molar-refractivity contribution in [3.05, 3.63) is 25.1 Å². The van der Waals surface area contributed by atoms with Crippen molar-refractivity contribution in [2.45, 2.75) is 19.3 Å². The Morgan fingerprint density at radius 1 is 1.24 bits per heavy atom. The first-order chi connectivity index (χ1) is 10.00. The van der Waals surface area contributed by atoms with E-state index < -0.39 is 11.9 Å². The molecule has 1 heterocycles. The van der Waals surface area contributed by atoms with Crippen molar-refractivity contribution in [3.8, 4) is 0 Å². The van der Waals surface area contributed by atoms with Crippen LogP contribution in [0.15, 0.2) is 30.0 Å². The highest BCUT2D eigenvalue weighted by Gasteiger charge is 2.34. The lowest BCUT2D eigenvalue weighted by atomic mass is 10.2. The lowest BCUT2D eigenvalue weighted by Gasteiger charge is -2.31. The Kier molecular flexibility index (Phi) is 6.77. The summed E-state index contributed by atoms with van der Waals surface area (Å²) in [4.78, 5) is 25.5. The van der Waals surface area contributed by atoms with Crippen LogP contribution < -0.4 is 0 Å². The lowest BCUT2D eigenvalue weighted by molar-refractivity contribution is -0.787. The molecule has 0 aromatic carbocycles. The molecule has 1 atom stereocenters. The van der Waals surface area contributed by atoms with E-state index in [1.165, 1.54) is 0 Å². The summed E-state index contributed by atoms with van der Waals surface area (Å²) in [6, 6.07) is 0. The number of aliphatic imine (C=N–C) groups is 1. The number of aliphatic carboxylic acids is 2. The maximum absolute atomic E-state index is 10.8. The SMILES string of the molecule is C=CCC1=NC=C[N+]1(CCOCCC(=O)O)CCC(=O)O. The molecule has 0 saturated heterocycles. The largest absolute Gasteiger partial charge is 0.481 e. The monoisotopic (exact) mass is 297 g/mol. The zero-order valence-electron chi connectivity index (χ0n) is 11.9. The molecular formula is C14H21N2O5+. The van der Waals surface area contributed by atoms with Crippen LogP contribution >= 0.6 is 0 Å². The third-order valence-corrected chi connectivity index (χ3v) is 3.24. The summed E-state index contributed by atoms with van der Waals surface area (Å²) < 4.78 is 5.63. The van der Waals surface area contributed by atoms with Crippen LogP contribution in [0.4, 0.5) is 0 Å². The van der Waals surface area contributed by atoms with Crippen molar-refractivity contribution in [1.29, 1.82) is 0 Å². The molecule has 0 aromatic heterocycles. The second kappa shape index (κ2) is 8.33. The third kappa shape index (κ3) is 5.49. The predicted molar refractivity (Wildman–Crippen MR) is 76.7 cm³/mol. The number of amidine groups is 1. The Labute approximate surface area is 123 Å². The quantitative estimate of drug-likeness (QED) is 0.340. The molecule has 0 radical (unpaired) electrons. The minimum Gasteiger partial charge on any atom is -0.481 e. The number of hydrogen-bond acceptors (Lipinski definition) is 4. The van der Waals surface area contributed by atoms with E-state index >= 15 is 0 Å². The summed E-state index contributed by atoms with van der Waals surface area (Å²) in [5.74, 6) is -0.939. The fraction of sp³-hybridized carbons (Fsp3) is 0.500. The van der Waals surface area contributed by atoms with Crippen molar-refractivity contribution < 1.29 is 29.0 Å². The van der Waals surface area contributed by atoms with Crippen LogP contribution in [0.3, 0.4) is 0 Å². The standard InChI is InChI=1S/C14H20N2O5/c1-2-3-12-15-6-8-16(12,7-4-13(17)18)9-11-21-10-5-14(19)20/h2,6,8H,1,3-5,7,9-11H2,(H-,17,18,19,20)/p+1. The second-order valence-corrected chi connectivity index (χ2v) is 4.72. The smallest absolute Gasteiger partial charge is 0.309 e. The molecule has 116 valence electrons. The number of quaternary nitrogens is 1. The molecule has 0 spiro atoms. The fourth-order valence-electron chi connectivity index (χ4n) is 2.11. The van der Waals surface area contributed by atoms with Gasteiger partial charge in [0.25, 0.3) is 0 Å². The van der Waals surface area contributed by atoms with Crippen LogP contribution in [-0.4, -0.2) is 58.8 Å². The third-order valence-electron chi connectivity index (χ3n) is 3.24. The van der Waals surface area contributed by atoms with E-state index in [1.807, 2.05) is 6.20 Å². The molecular weight excluding hydrogens is 276 g/mol. The maximum Gasteiger partial charge on any atom is 0.309 e. The van der Waals surface area contributed by atoms with E-state index in [0.29, 0.717) is 30.6 Å². The molecule has 21 heavy (non-hydrogen) atoms. The van der Waals surface area contributed by atoms with Crippen molar-refractivity contribution in [1.82, 2.24) is 0 Å². The van der Waals surface area contributed by atoms with E-state index in [-0.39, 0.29) is 19.4 Å². The van der Waals surface area contributed by atoms with Gasteiger partial charge in [0.1, 0.15) is 12.7 Å². The molecule has 7 heteroatoms. The summed E-state index contributed by atoms with van der Waals surface area (Å²) in [5.41, 5.74) is 0. The highest BCUT2D eigenvalue weighted by atomic mass is 16.5. The number of nitrogens with zero attached hydrogens (tertiary/aromatic N) is 2. The van der Waals surface area contributed by atoms with Crippen LogP contribution in [0.25, 0.3) is 0 Å². The van der Waals surface area contributed by atoms with E-state index in [2.05, 4.69) is 11.6 Å². The van der Waals surface area contributed by atoms with Gasteiger partial charge in [0.05, 0.1) is 45.2 Å². The molecule has 2 N–H and O–H groups in total. The zero-order valence-corrected chi connectivity index (χ0v) is 11.9. The Hall–Kier alpha value is -1.99. The van der Waals surface area contributed by atoms with E-state index in [9.17, 15) is 9.59 Å². The van der Waals surface area contributed by atoms with Gasteiger partial charge in [-0.25, -0.2) is 9.48 Å². The first-order valence-electron chi connectivity index (χ1n) is 6.74. The number of rotatable bonds is 11. The van der Waals surface area contributed by atoms with Crippen molar-refractivity contribution in [3.63, 3.8) is 0 Å². The number of ether oxygens (including phenoxy) is 1. The second-order valence-electron chi connectivity index (χ2n) is 4.72. The number of hydrogen-bond donors (Lipinski definition) is 2. The maximum atomic E-state index is 10.8. The van der Waals surface area contributed by atoms with Gasteiger partial charge < -0.3 is 14.9 Å². The van der Waals surface area contributed by atoms with Crippen LogP contribution in [0.1, 0.15) is 19.3 Å². The van der Waals surface area contributed by atoms with Gasteiger partial charge >= 0.3 is 11.9 Å². The molecule has 0 amide bonds. The summed E-state index contributed by atoms with van der Waals surface area (Å²) in [6.07, 6.45) is 5.79. The Balaban J connectivity index is 2.58. The Morgan fingerprint density at radius 2 is 1.95 bits per heavy atom. The first-order valence-corrected chi connectivity index (χ1v) is 6.74. The summed E-state index contributed by atoms with van der Waals surface area (Å²) in [6.45, 7) is 5.08. The van der Waals surface area contributed by atoms with E-state index in [0.717, 1.165) is 5.84 Å². The molecule has 7 nitrogen and oxygen atoms in total. The van der Waals surface area contributed by atoms with Gasteiger partial charge in [0.2, 0.25) is 5.84 Å². The number of carboxylic acids is 2. The molecule has 1 aliphatic rings. The molecule has 0 aliphatic carbocycles. The number of carbonyl (C=O) groups is 2. The lowest BCUT2D eigenvalue weighted by Crippen LogP contribution is -2.49. The van der Waals surface area contributed by atoms with E-state index in [1.54, 1.807) is 12.3 Å². The van der Waals surface area contributed by atoms with Gasteiger partial charge in [-0.15, -0.1) is 6.58 Å². The average molecular weight is 297 g/mol. The van der Waals surface area contributed by atoms with Crippen LogP contribution in [0, 0.1) is 0 Å². The van der Waals surface area contributed by atoms with Gasteiger partial charge in [-0.2, -0.15) is 0 Å². The zero-order chi connectivity index (χ0) is 15.7. The molecule has 1 aliphatic heterocycles. The summed E-state index contributed by atoms with van der Waals surface area (Å²) in [5, 5.41) is 17.4. The molecule has 1 rings (SSSR count). The summed E-state index contributed by atoms with van der Waals surface area (Å²) >= 11 is 0. The highest BCUT2D eigenvalue weighted by molar-refractivity contribution is 5.80. The van der Waals surface area contributed by atoms with Gasteiger partial charge in [0, 0.05) is 0 Å². The minimum absolute atomic E-state index is 0.0234. The normalized spacial score (nSPS) is 20.3. The van der Waals surface area contributed by atoms with Crippen LogP contribution in [0.2, 0.25) is 0 Å². The molecule has 0 fully saturated rings. The molecule has 0 saturated carbocycles. The van der Waals surface area contributed by atoms with Gasteiger partial charge in [0.15, 0.2) is 0 Å². The molecule has 1 unspecified atom stereocenters. The van der Waals surface area contributed by atoms with Gasteiger partial charge in [-0.05, 0) is 0 Å². The van der Waals surface area contributed by atoms with Crippen LogP contribution in [-0.2, 0) is 14.3 Å². The van der Waals surface area contributed by atoms with Crippen molar-refractivity contribution in [2.24, 2.45) is 4.99 Å². The predicted octanol–water partition coefficient (Wildman–Crippen LogP) is 1.23. The molecule has 0 bridgehead atoms. The Morgan fingerprint density at radius 3 is 2.57 bits per heavy atom. The van der Waals surface area contributed by atoms with Crippen molar-refractivity contribution >= 4 is 17.8 Å². The average Bonchev–Trinajstić information content (AvgIpc) is 2.80. The Bertz CT molecular complexity index is 458. The van der Waals surface area contributed by atoms with E-state index in [4.69, 9.17) is 14.9 Å². The fourth-order valence-corrected chi connectivity index (χ4v) is 2.11. The van der Waals surface area contributed by atoms with Gasteiger partial charge in [-0.1, -0.05) is 6.08 Å². The highest BCUT2D eigenvalue weighted by Crippen LogP contribution is 2.20. The topological polar surface area (TPSA) is 96.2 Å². The van der Waals surface area contributed by atoms with Gasteiger partial charge in [-0.3, -0.25) is 9.59 Å².